The van der Waals surface area contributed by atoms with Crippen molar-refractivity contribution in [3.63, 3.8) is 0 Å². The molecule has 0 aliphatic carbocycles. The number of likely N-dealkylation sites (N-methyl/N-ethyl adjacent to an activating group) is 1. The van der Waals surface area contributed by atoms with Crippen LogP contribution in [0.1, 0.15) is 13.8 Å². The van der Waals surface area contributed by atoms with Crippen LogP contribution < -0.4 is 10.6 Å². The third-order valence-corrected chi connectivity index (χ3v) is 1.92. The Bertz CT molecular complexity index is 272. The third-order valence-electron chi connectivity index (χ3n) is 1.92. The molecule has 0 bridgehead atoms. The molecule has 2 unspecified atom stereocenters. The molecule has 0 fully saturated rings. The van der Waals surface area contributed by atoms with E-state index >= 15 is 0 Å². The summed E-state index contributed by atoms with van der Waals surface area (Å²) in [7, 11) is 0. The van der Waals surface area contributed by atoms with Gasteiger partial charge in [-0.05, 0) is 13.8 Å². The van der Waals surface area contributed by atoms with Crippen LogP contribution in [-0.2, 0) is 4.79 Å². The summed E-state index contributed by atoms with van der Waals surface area (Å²) < 4.78 is 36.5. The van der Waals surface area contributed by atoms with Crippen LogP contribution in [0.2, 0.25) is 0 Å². The second-order valence-electron chi connectivity index (χ2n) is 3.25. The lowest BCUT2D eigenvalue weighted by atomic mass is 10.1. The SMILES string of the molecule is CCNC(=O)C(C)NCC(C#N)C(F)(F)F. The molecule has 0 rings (SSSR count). The maximum atomic E-state index is 12.2. The van der Waals surface area contributed by atoms with Crippen molar-refractivity contribution in [3.05, 3.63) is 0 Å². The van der Waals surface area contributed by atoms with Gasteiger partial charge in [-0.3, -0.25) is 4.79 Å². The smallest absolute Gasteiger partial charge is 0.355 e. The molecular formula is C9H14F3N3O. The van der Waals surface area contributed by atoms with Crippen molar-refractivity contribution in [1.29, 1.82) is 5.26 Å². The van der Waals surface area contributed by atoms with Gasteiger partial charge in [-0.25, -0.2) is 0 Å². The van der Waals surface area contributed by atoms with Crippen molar-refractivity contribution in [3.8, 4) is 6.07 Å². The Morgan fingerprint density at radius 1 is 1.50 bits per heavy atom. The number of hydrogen-bond donors (Lipinski definition) is 2. The minimum atomic E-state index is -4.57. The summed E-state index contributed by atoms with van der Waals surface area (Å²) in [6.45, 7) is 2.97. The molecule has 1 amide bonds. The van der Waals surface area contributed by atoms with Crippen LogP contribution >= 0.6 is 0 Å². The predicted molar refractivity (Wildman–Crippen MR) is 51.3 cm³/mol. The molecule has 92 valence electrons. The normalized spacial score (nSPS) is 15.0. The van der Waals surface area contributed by atoms with Gasteiger partial charge in [-0.15, -0.1) is 0 Å². The maximum Gasteiger partial charge on any atom is 0.405 e. The van der Waals surface area contributed by atoms with Crippen LogP contribution in [0.15, 0.2) is 0 Å². The lowest BCUT2D eigenvalue weighted by Gasteiger charge is -2.17. The second kappa shape index (κ2) is 6.33. The van der Waals surface area contributed by atoms with Crippen molar-refractivity contribution in [2.24, 2.45) is 5.92 Å². The molecule has 2 atom stereocenters. The Hall–Kier alpha value is -1.29. The summed E-state index contributed by atoms with van der Waals surface area (Å²) in [5, 5.41) is 13.1. The van der Waals surface area contributed by atoms with Gasteiger partial charge in [-0.2, -0.15) is 18.4 Å². The average Bonchev–Trinajstić information content (AvgIpc) is 2.16. The van der Waals surface area contributed by atoms with Gasteiger partial charge in [0.2, 0.25) is 5.91 Å². The molecule has 0 aromatic rings. The van der Waals surface area contributed by atoms with Gasteiger partial charge in [-0.1, -0.05) is 0 Å². The lowest BCUT2D eigenvalue weighted by molar-refractivity contribution is -0.158. The van der Waals surface area contributed by atoms with Gasteiger partial charge in [0.15, 0.2) is 5.92 Å². The van der Waals surface area contributed by atoms with Crippen molar-refractivity contribution < 1.29 is 18.0 Å². The van der Waals surface area contributed by atoms with E-state index in [1.54, 1.807) is 6.92 Å². The first-order valence-corrected chi connectivity index (χ1v) is 4.80. The minimum absolute atomic E-state index is 0.388. The molecule has 0 saturated heterocycles. The first-order valence-electron chi connectivity index (χ1n) is 4.80. The molecule has 0 spiro atoms. The number of hydrogen-bond acceptors (Lipinski definition) is 3. The number of nitriles is 1. The fourth-order valence-electron chi connectivity index (χ4n) is 0.949. The molecule has 0 radical (unpaired) electrons. The van der Waals surface area contributed by atoms with Gasteiger partial charge < -0.3 is 10.6 Å². The number of rotatable bonds is 5. The molecule has 16 heavy (non-hydrogen) atoms. The Kier molecular flexibility index (Phi) is 5.82. The Morgan fingerprint density at radius 3 is 2.44 bits per heavy atom. The average molecular weight is 237 g/mol. The van der Waals surface area contributed by atoms with Crippen LogP contribution in [0.3, 0.4) is 0 Å². The zero-order valence-electron chi connectivity index (χ0n) is 9.06. The van der Waals surface area contributed by atoms with E-state index < -0.39 is 24.7 Å². The molecule has 2 N–H and O–H groups in total. The number of nitrogens with one attached hydrogen (secondary N) is 2. The summed E-state index contributed by atoms with van der Waals surface area (Å²) >= 11 is 0. The number of carbonyl (C=O) groups is 1. The lowest BCUT2D eigenvalue weighted by Crippen LogP contribution is -2.45. The zero-order valence-corrected chi connectivity index (χ0v) is 9.06. The Balaban J connectivity index is 4.14. The quantitative estimate of drug-likeness (QED) is 0.743. The first-order chi connectivity index (χ1) is 7.32. The van der Waals surface area contributed by atoms with Gasteiger partial charge >= 0.3 is 6.18 Å². The molecule has 0 aliphatic heterocycles. The summed E-state index contributed by atoms with van der Waals surface area (Å²) in [6.07, 6.45) is -4.57. The maximum absolute atomic E-state index is 12.2. The van der Waals surface area contributed by atoms with Crippen molar-refractivity contribution >= 4 is 5.91 Å². The molecule has 7 heteroatoms. The molecular weight excluding hydrogens is 223 g/mol. The van der Waals surface area contributed by atoms with Crippen LogP contribution in [0.5, 0.6) is 0 Å². The number of halogens is 3. The topological polar surface area (TPSA) is 64.9 Å². The standard InChI is InChI=1S/C9H14F3N3O/c1-3-14-8(16)6(2)15-5-7(4-13)9(10,11)12/h6-7,15H,3,5H2,1-2H3,(H,14,16). The summed E-state index contributed by atoms with van der Waals surface area (Å²) in [5.41, 5.74) is 0. The summed E-state index contributed by atoms with van der Waals surface area (Å²) in [4.78, 5) is 11.2. The number of carbonyl (C=O) groups excluding carboxylic acids is 1. The molecule has 0 aromatic carbocycles. The fourth-order valence-corrected chi connectivity index (χ4v) is 0.949. The zero-order chi connectivity index (χ0) is 12.8. The fraction of sp³-hybridized carbons (Fsp3) is 0.778. The predicted octanol–water partition coefficient (Wildman–Crippen LogP) is 0.803. The van der Waals surface area contributed by atoms with Crippen LogP contribution in [-0.4, -0.2) is 31.2 Å². The molecule has 4 nitrogen and oxygen atoms in total. The van der Waals surface area contributed by atoms with E-state index in [-0.39, 0.29) is 5.91 Å². The van der Waals surface area contributed by atoms with E-state index in [1.165, 1.54) is 6.92 Å². The number of amides is 1. The summed E-state index contributed by atoms with van der Waals surface area (Å²) in [5.74, 6) is -2.48. The van der Waals surface area contributed by atoms with E-state index in [0.29, 0.717) is 6.54 Å². The molecule has 0 heterocycles. The molecule has 0 aliphatic rings. The summed E-state index contributed by atoms with van der Waals surface area (Å²) in [6, 6.07) is 0.397. The highest BCUT2D eigenvalue weighted by atomic mass is 19.4. The number of nitrogens with zero attached hydrogens (tertiary/aromatic N) is 1. The largest absolute Gasteiger partial charge is 0.405 e. The van der Waals surface area contributed by atoms with Gasteiger partial charge in [0.1, 0.15) is 0 Å². The van der Waals surface area contributed by atoms with Gasteiger partial charge in [0.05, 0.1) is 12.1 Å². The Morgan fingerprint density at radius 2 is 2.06 bits per heavy atom. The van der Waals surface area contributed by atoms with E-state index in [2.05, 4.69) is 10.6 Å². The monoisotopic (exact) mass is 237 g/mol. The highest BCUT2D eigenvalue weighted by molar-refractivity contribution is 5.81. The first kappa shape index (κ1) is 14.7. The second-order valence-corrected chi connectivity index (χ2v) is 3.25. The van der Waals surface area contributed by atoms with E-state index in [0.717, 1.165) is 6.07 Å². The van der Waals surface area contributed by atoms with Crippen LogP contribution in [0, 0.1) is 17.2 Å². The van der Waals surface area contributed by atoms with Crippen LogP contribution in [0.4, 0.5) is 13.2 Å². The van der Waals surface area contributed by atoms with E-state index in [9.17, 15) is 18.0 Å². The minimum Gasteiger partial charge on any atom is -0.355 e. The highest BCUT2D eigenvalue weighted by Crippen LogP contribution is 2.24. The van der Waals surface area contributed by atoms with Gasteiger partial charge in [0.25, 0.3) is 0 Å². The van der Waals surface area contributed by atoms with Gasteiger partial charge in [0, 0.05) is 13.1 Å². The molecule has 0 saturated carbocycles. The molecule has 0 aromatic heterocycles. The van der Waals surface area contributed by atoms with Crippen LogP contribution in [0.25, 0.3) is 0 Å². The Labute approximate surface area is 91.8 Å². The van der Waals surface area contributed by atoms with Crippen molar-refractivity contribution in [2.75, 3.05) is 13.1 Å². The third kappa shape index (κ3) is 4.98. The van der Waals surface area contributed by atoms with Crippen molar-refractivity contribution in [2.45, 2.75) is 26.1 Å². The highest BCUT2D eigenvalue weighted by Gasteiger charge is 2.39. The van der Waals surface area contributed by atoms with E-state index in [1.807, 2.05) is 0 Å². The van der Waals surface area contributed by atoms with E-state index in [4.69, 9.17) is 5.26 Å². The van der Waals surface area contributed by atoms with Crippen molar-refractivity contribution in [1.82, 2.24) is 10.6 Å². The number of alkyl halides is 3.